The van der Waals surface area contributed by atoms with Crippen molar-refractivity contribution in [1.29, 1.82) is 0 Å². The SMILES string of the molecule is CC1CCCC1.CC1CCCC1.[CH2]=[Fe+].[CH3-]. The summed E-state index contributed by atoms with van der Waals surface area (Å²) in [7, 11) is 0. The quantitative estimate of drug-likeness (QED) is 0.429. The molecule has 0 aromatic heterocycles. The Kier molecular flexibility index (Phi) is 14.8. The van der Waals surface area contributed by atoms with Crippen molar-refractivity contribution >= 4 is 5.42 Å². The predicted molar refractivity (Wildman–Crippen MR) is 68.8 cm³/mol. The summed E-state index contributed by atoms with van der Waals surface area (Å²) in [4.78, 5) is 0. The van der Waals surface area contributed by atoms with Crippen LogP contribution in [0, 0.1) is 19.3 Å². The normalized spacial score (nSPS) is 20.7. The fourth-order valence-corrected chi connectivity index (χ4v) is 2.26. The summed E-state index contributed by atoms with van der Waals surface area (Å²) in [5.41, 5.74) is 3.00. The van der Waals surface area contributed by atoms with Gasteiger partial charge in [-0.3, -0.25) is 0 Å². The minimum absolute atomic E-state index is 0. The first-order chi connectivity index (χ1) is 6.79. The van der Waals surface area contributed by atoms with Gasteiger partial charge in [0.15, 0.2) is 0 Å². The van der Waals surface area contributed by atoms with Crippen molar-refractivity contribution in [2.75, 3.05) is 0 Å². The zero-order valence-electron chi connectivity index (χ0n) is 10.9. The maximum absolute atomic E-state index is 3.00. The second kappa shape index (κ2) is 12.5. The van der Waals surface area contributed by atoms with Gasteiger partial charge < -0.3 is 7.43 Å². The third-order valence-electron chi connectivity index (χ3n) is 3.29. The molecule has 2 fully saturated rings. The van der Waals surface area contributed by atoms with Crippen molar-refractivity contribution < 1.29 is 15.6 Å². The summed E-state index contributed by atoms with van der Waals surface area (Å²) in [6.45, 7) is 4.68. The molecule has 0 heterocycles. The van der Waals surface area contributed by atoms with Crippen LogP contribution >= 0.6 is 0 Å². The van der Waals surface area contributed by atoms with Gasteiger partial charge in [-0.1, -0.05) is 65.2 Å². The van der Waals surface area contributed by atoms with Crippen molar-refractivity contribution in [3.8, 4) is 0 Å². The van der Waals surface area contributed by atoms with E-state index in [1.807, 2.05) is 0 Å². The number of hydrogen-bond acceptors (Lipinski definition) is 0. The van der Waals surface area contributed by atoms with E-state index >= 15 is 0 Å². The topological polar surface area (TPSA) is 0 Å². The van der Waals surface area contributed by atoms with E-state index in [0.29, 0.717) is 0 Å². The van der Waals surface area contributed by atoms with E-state index in [9.17, 15) is 0 Å². The van der Waals surface area contributed by atoms with E-state index in [0.717, 1.165) is 11.8 Å². The van der Waals surface area contributed by atoms with Gasteiger partial charge in [-0.15, -0.1) is 0 Å². The molecule has 0 aliphatic heterocycles. The van der Waals surface area contributed by atoms with Crippen molar-refractivity contribution in [2.45, 2.75) is 65.2 Å². The number of hydrogen-bond donors (Lipinski definition) is 0. The van der Waals surface area contributed by atoms with Gasteiger partial charge in [0.05, 0.1) is 0 Å². The Morgan fingerprint density at radius 3 is 1.00 bits per heavy atom. The molecule has 0 radical (unpaired) electrons. The van der Waals surface area contributed by atoms with E-state index in [1.54, 1.807) is 0 Å². The molecule has 0 bridgehead atoms. The van der Waals surface area contributed by atoms with E-state index in [1.165, 1.54) is 51.4 Å². The first-order valence-electron chi connectivity index (χ1n) is 6.04. The predicted octanol–water partition coefficient (Wildman–Crippen LogP) is 4.81. The standard InChI is InChI=1S/2C6H12.CH3.CH2.Fe/c2*1-6-4-2-3-5-6;;;/h2*6H,2-5H2,1H3;1H3;1H2;/q;;-1;;+1. The maximum Gasteiger partial charge on any atom is -0.358 e. The van der Waals surface area contributed by atoms with Crippen molar-refractivity contribution in [2.24, 2.45) is 11.8 Å². The minimum Gasteiger partial charge on any atom is -0.358 e. The van der Waals surface area contributed by atoms with Gasteiger partial charge >= 0.3 is 21.0 Å². The van der Waals surface area contributed by atoms with Crippen molar-refractivity contribution in [3.63, 3.8) is 0 Å². The molecule has 0 nitrogen and oxygen atoms in total. The molecule has 2 aliphatic carbocycles. The molecule has 93 valence electrons. The van der Waals surface area contributed by atoms with Crippen LogP contribution in [0.15, 0.2) is 0 Å². The van der Waals surface area contributed by atoms with Gasteiger partial charge in [0.1, 0.15) is 0 Å². The molecule has 2 saturated carbocycles. The molecule has 0 atom stereocenters. The maximum atomic E-state index is 3.00. The number of rotatable bonds is 0. The van der Waals surface area contributed by atoms with E-state index in [2.05, 4.69) is 34.8 Å². The molecular weight excluding hydrogens is 224 g/mol. The Bertz CT molecular complexity index is 96.5. The van der Waals surface area contributed by atoms with E-state index in [4.69, 9.17) is 0 Å². The second-order valence-corrected chi connectivity index (χ2v) is 4.78. The van der Waals surface area contributed by atoms with Crippen LogP contribution in [0.25, 0.3) is 0 Å². The third kappa shape index (κ3) is 10.7. The molecular formula is C14H29Fe. The molecule has 0 spiro atoms. The van der Waals surface area contributed by atoms with Crippen LogP contribution in [0.2, 0.25) is 0 Å². The van der Waals surface area contributed by atoms with Gasteiger partial charge in [-0.25, -0.2) is 0 Å². The molecule has 2 rings (SSSR count). The Balaban J connectivity index is 0. The molecule has 0 N–H and O–H groups in total. The fraction of sp³-hybridized carbons (Fsp3) is 0.857. The van der Waals surface area contributed by atoms with Gasteiger partial charge in [0.25, 0.3) is 0 Å². The molecule has 2 aliphatic rings. The summed E-state index contributed by atoms with van der Waals surface area (Å²) in [6.07, 6.45) is 11.9. The average molecular weight is 253 g/mol. The monoisotopic (exact) mass is 253 g/mol. The summed E-state index contributed by atoms with van der Waals surface area (Å²) >= 11 is 3.00. The van der Waals surface area contributed by atoms with Crippen molar-refractivity contribution in [1.82, 2.24) is 0 Å². The Morgan fingerprint density at radius 2 is 0.933 bits per heavy atom. The zero-order chi connectivity index (χ0) is 10.8. The van der Waals surface area contributed by atoms with Crippen LogP contribution in [-0.4, -0.2) is 5.42 Å². The Morgan fingerprint density at radius 1 is 0.733 bits per heavy atom. The van der Waals surface area contributed by atoms with Crippen LogP contribution in [0.5, 0.6) is 0 Å². The van der Waals surface area contributed by atoms with Gasteiger partial charge in [-0.05, 0) is 11.8 Å². The van der Waals surface area contributed by atoms with E-state index in [-0.39, 0.29) is 7.43 Å². The Hall–Kier alpha value is 0.389. The van der Waals surface area contributed by atoms with Crippen LogP contribution in [-0.2, 0) is 15.6 Å². The molecule has 1 heteroatoms. The summed E-state index contributed by atoms with van der Waals surface area (Å²) < 4.78 is 0. The fourth-order valence-electron chi connectivity index (χ4n) is 2.26. The van der Waals surface area contributed by atoms with Crippen molar-refractivity contribution in [3.05, 3.63) is 7.43 Å². The molecule has 0 aromatic rings. The third-order valence-corrected chi connectivity index (χ3v) is 3.29. The molecule has 15 heavy (non-hydrogen) atoms. The molecule has 0 unspecified atom stereocenters. The summed E-state index contributed by atoms with van der Waals surface area (Å²) in [6, 6.07) is 0. The van der Waals surface area contributed by atoms with E-state index < -0.39 is 0 Å². The first-order valence-corrected chi connectivity index (χ1v) is 6.82. The largest absolute Gasteiger partial charge is 0.358 e. The molecule has 0 saturated heterocycles. The summed E-state index contributed by atoms with van der Waals surface area (Å²) in [5, 5.41) is 0. The summed E-state index contributed by atoms with van der Waals surface area (Å²) in [5.74, 6) is 2.09. The average Bonchev–Trinajstić information content (AvgIpc) is 2.83. The van der Waals surface area contributed by atoms with Gasteiger partial charge in [0, 0.05) is 0 Å². The van der Waals surface area contributed by atoms with Crippen LogP contribution in [0.4, 0.5) is 0 Å². The Labute approximate surface area is 106 Å². The van der Waals surface area contributed by atoms with Crippen LogP contribution in [0.3, 0.4) is 0 Å². The van der Waals surface area contributed by atoms with Gasteiger partial charge in [-0.2, -0.15) is 0 Å². The van der Waals surface area contributed by atoms with Crippen LogP contribution in [0.1, 0.15) is 65.2 Å². The smallest absolute Gasteiger partial charge is 0.358 e. The second-order valence-electron chi connectivity index (χ2n) is 4.78. The zero-order valence-corrected chi connectivity index (χ0v) is 12.0. The molecule has 0 amide bonds. The minimum atomic E-state index is 0. The van der Waals surface area contributed by atoms with Gasteiger partial charge in [0.2, 0.25) is 0 Å². The van der Waals surface area contributed by atoms with Crippen LogP contribution < -0.4 is 0 Å². The molecule has 0 aromatic carbocycles. The first kappa shape index (κ1) is 17.8.